The first-order valence-electron chi connectivity index (χ1n) is 8.80. The fourth-order valence-corrected chi connectivity index (χ4v) is 2.55. The Morgan fingerprint density at radius 1 is 1.16 bits per heavy atom. The summed E-state index contributed by atoms with van der Waals surface area (Å²) in [4.78, 5) is 8.05. The smallest absolute Gasteiger partial charge is 0.382 e. The van der Waals surface area contributed by atoms with Crippen LogP contribution in [0, 0.1) is 0 Å². The molecular formula is C16H31F3N4O2. The lowest BCUT2D eigenvalue weighted by atomic mass is 10.2. The van der Waals surface area contributed by atoms with Crippen molar-refractivity contribution >= 4 is 5.96 Å². The van der Waals surface area contributed by atoms with Crippen molar-refractivity contribution in [1.29, 1.82) is 0 Å². The van der Waals surface area contributed by atoms with Gasteiger partial charge in [-0.3, -0.25) is 9.89 Å². The topological polar surface area (TPSA) is 49.3 Å². The van der Waals surface area contributed by atoms with Crippen molar-refractivity contribution < 1.29 is 22.6 Å². The molecule has 0 saturated carbocycles. The number of hydrogen-bond donors (Lipinski definition) is 1. The lowest BCUT2D eigenvalue weighted by molar-refractivity contribution is -0.181. The van der Waals surface area contributed by atoms with Gasteiger partial charge in [-0.2, -0.15) is 13.2 Å². The number of alkyl halides is 3. The lowest BCUT2D eigenvalue weighted by Crippen LogP contribution is -2.56. The summed E-state index contributed by atoms with van der Waals surface area (Å²) >= 11 is 0. The predicted molar refractivity (Wildman–Crippen MR) is 92.0 cm³/mol. The van der Waals surface area contributed by atoms with E-state index in [9.17, 15) is 13.2 Å². The molecule has 1 rings (SSSR count). The Morgan fingerprint density at radius 2 is 1.84 bits per heavy atom. The van der Waals surface area contributed by atoms with Gasteiger partial charge in [0.15, 0.2) is 5.96 Å². The van der Waals surface area contributed by atoms with Crippen LogP contribution in [0.3, 0.4) is 0 Å². The molecule has 0 aromatic heterocycles. The lowest BCUT2D eigenvalue weighted by Gasteiger charge is -2.39. The van der Waals surface area contributed by atoms with Crippen LogP contribution in [0.5, 0.6) is 0 Å². The van der Waals surface area contributed by atoms with Gasteiger partial charge < -0.3 is 19.7 Å². The van der Waals surface area contributed by atoms with Crippen LogP contribution in [0.2, 0.25) is 0 Å². The van der Waals surface area contributed by atoms with Crippen LogP contribution in [0.1, 0.15) is 20.3 Å². The van der Waals surface area contributed by atoms with Crippen molar-refractivity contribution in [2.75, 3.05) is 66.2 Å². The van der Waals surface area contributed by atoms with E-state index in [-0.39, 0.29) is 0 Å². The summed E-state index contributed by atoms with van der Waals surface area (Å²) in [6.07, 6.45) is -3.38. The van der Waals surface area contributed by atoms with E-state index in [4.69, 9.17) is 9.47 Å². The summed E-state index contributed by atoms with van der Waals surface area (Å²) in [6, 6.07) is -1.40. The maximum absolute atomic E-state index is 12.8. The first-order chi connectivity index (χ1) is 11.9. The minimum atomic E-state index is -4.18. The van der Waals surface area contributed by atoms with Gasteiger partial charge in [-0.1, -0.05) is 0 Å². The summed E-state index contributed by atoms with van der Waals surface area (Å²) in [6.45, 7) is 8.14. The number of nitrogens with one attached hydrogen (secondary N) is 1. The van der Waals surface area contributed by atoms with Crippen molar-refractivity contribution in [3.63, 3.8) is 0 Å². The molecule has 0 radical (unpaired) electrons. The Bertz CT molecular complexity index is 386. The molecule has 1 saturated heterocycles. The molecule has 1 heterocycles. The monoisotopic (exact) mass is 368 g/mol. The molecule has 1 unspecified atom stereocenters. The maximum atomic E-state index is 12.8. The molecule has 0 spiro atoms. The number of rotatable bonds is 9. The van der Waals surface area contributed by atoms with E-state index in [2.05, 4.69) is 10.3 Å². The molecule has 1 aliphatic heterocycles. The van der Waals surface area contributed by atoms with Gasteiger partial charge in [-0.05, 0) is 20.3 Å². The van der Waals surface area contributed by atoms with Crippen molar-refractivity contribution in [2.24, 2.45) is 4.99 Å². The summed E-state index contributed by atoms with van der Waals surface area (Å²) in [7, 11) is 1.63. The predicted octanol–water partition coefficient (Wildman–Crippen LogP) is 1.57. The average Bonchev–Trinajstić information content (AvgIpc) is 2.59. The highest BCUT2D eigenvalue weighted by Crippen LogP contribution is 2.25. The van der Waals surface area contributed by atoms with Crippen molar-refractivity contribution in [2.45, 2.75) is 32.5 Å². The van der Waals surface area contributed by atoms with Gasteiger partial charge in [0, 0.05) is 53.0 Å². The van der Waals surface area contributed by atoms with Gasteiger partial charge >= 0.3 is 6.18 Å². The van der Waals surface area contributed by atoms with Gasteiger partial charge in [-0.15, -0.1) is 0 Å². The van der Waals surface area contributed by atoms with Crippen LogP contribution in [0.15, 0.2) is 4.99 Å². The molecule has 1 atom stereocenters. The second kappa shape index (κ2) is 11.5. The van der Waals surface area contributed by atoms with Crippen LogP contribution in [-0.2, 0) is 9.47 Å². The molecular weight excluding hydrogens is 337 g/mol. The number of nitrogens with zero attached hydrogens (tertiary/aromatic N) is 3. The Labute approximate surface area is 148 Å². The minimum absolute atomic E-state index is 0.380. The van der Waals surface area contributed by atoms with E-state index in [1.165, 1.54) is 11.8 Å². The summed E-state index contributed by atoms with van der Waals surface area (Å²) in [5.74, 6) is 0.763. The molecule has 1 fully saturated rings. The molecule has 0 aliphatic carbocycles. The maximum Gasteiger partial charge on any atom is 0.403 e. The van der Waals surface area contributed by atoms with Gasteiger partial charge in [-0.25, -0.2) is 0 Å². The molecule has 148 valence electrons. The third-order valence-corrected chi connectivity index (χ3v) is 4.11. The molecule has 0 aromatic rings. The highest BCUT2D eigenvalue weighted by atomic mass is 19.4. The standard InChI is InChI=1S/C16H31F3N4O2/c1-4-20-15(21-6-5-11-25-13-12-24-3)23-9-7-22(8-10-23)14(2)16(17,18)19/h14H,4-13H2,1-3H3,(H,20,21). The Kier molecular flexibility index (Phi) is 10.1. The highest BCUT2D eigenvalue weighted by Gasteiger charge is 2.41. The van der Waals surface area contributed by atoms with Crippen molar-refractivity contribution in [3.05, 3.63) is 0 Å². The minimum Gasteiger partial charge on any atom is -0.382 e. The van der Waals surface area contributed by atoms with Gasteiger partial charge in [0.05, 0.1) is 13.2 Å². The summed E-state index contributed by atoms with van der Waals surface area (Å²) < 4.78 is 48.7. The zero-order valence-electron chi connectivity index (χ0n) is 15.4. The zero-order chi connectivity index (χ0) is 18.7. The van der Waals surface area contributed by atoms with Crippen LogP contribution < -0.4 is 5.32 Å². The average molecular weight is 368 g/mol. The fourth-order valence-electron chi connectivity index (χ4n) is 2.55. The first-order valence-corrected chi connectivity index (χ1v) is 8.80. The molecule has 1 aliphatic rings. The van der Waals surface area contributed by atoms with E-state index in [1.54, 1.807) is 7.11 Å². The second-order valence-corrected chi connectivity index (χ2v) is 5.93. The molecule has 9 heteroatoms. The van der Waals surface area contributed by atoms with Crippen LogP contribution in [0.4, 0.5) is 13.2 Å². The number of hydrogen-bond acceptors (Lipinski definition) is 4. The molecule has 25 heavy (non-hydrogen) atoms. The SMILES string of the molecule is CCNC(=NCCCOCCOC)N1CCN(C(C)C(F)(F)F)CC1. The van der Waals surface area contributed by atoms with E-state index in [1.807, 2.05) is 11.8 Å². The van der Waals surface area contributed by atoms with Crippen LogP contribution >= 0.6 is 0 Å². The van der Waals surface area contributed by atoms with Crippen LogP contribution in [0.25, 0.3) is 0 Å². The van der Waals surface area contributed by atoms with Gasteiger partial charge in [0.1, 0.15) is 6.04 Å². The Hall–Kier alpha value is -1.06. The van der Waals surface area contributed by atoms with Crippen LogP contribution in [-0.4, -0.2) is 94.2 Å². The highest BCUT2D eigenvalue weighted by molar-refractivity contribution is 5.80. The van der Waals surface area contributed by atoms with E-state index < -0.39 is 12.2 Å². The molecule has 0 amide bonds. The second-order valence-electron chi connectivity index (χ2n) is 5.93. The van der Waals surface area contributed by atoms with Crippen molar-refractivity contribution in [3.8, 4) is 0 Å². The zero-order valence-corrected chi connectivity index (χ0v) is 15.4. The molecule has 0 aromatic carbocycles. The van der Waals surface area contributed by atoms with E-state index in [0.29, 0.717) is 52.5 Å². The number of piperazine rings is 1. The van der Waals surface area contributed by atoms with E-state index in [0.717, 1.165) is 18.9 Å². The number of guanidine groups is 1. The first kappa shape index (κ1) is 22.0. The van der Waals surface area contributed by atoms with E-state index >= 15 is 0 Å². The quantitative estimate of drug-likeness (QED) is 0.380. The molecule has 6 nitrogen and oxygen atoms in total. The number of methoxy groups -OCH3 is 1. The number of ether oxygens (including phenoxy) is 2. The third kappa shape index (κ3) is 8.24. The number of halogens is 3. The summed E-state index contributed by atoms with van der Waals surface area (Å²) in [5, 5.41) is 3.21. The summed E-state index contributed by atoms with van der Waals surface area (Å²) in [5.41, 5.74) is 0. The normalized spacial score (nSPS) is 18.5. The fraction of sp³-hybridized carbons (Fsp3) is 0.938. The van der Waals surface area contributed by atoms with Gasteiger partial charge in [0.25, 0.3) is 0 Å². The molecule has 1 N–H and O–H groups in total. The third-order valence-electron chi connectivity index (χ3n) is 4.11. The largest absolute Gasteiger partial charge is 0.403 e. The Balaban J connectivity index is 2.40. The Morgan fingerprint density at radius 3 is 2.40 bits per heavy atom. The number of aliphatic imine (C=N–C) groups is 1. The van der Waals surface area contributed by atoms with Gasteiger partial charge in [0.2, 0.25) is 0 Å². The van der Waals surface area contributed by atoms with Crippen molar-refractivity contribution in [1.82, 2.24) is 15.1 Å². The molecule has 0 bridgehead atoms.